The van der Waals surface area contributed by atoms with Crippen molar-refractivity contribution >= 4 is 18.0 Å². The number of hydrogen-bond acceptors (Lipinski definition) is 2. The summed E-state index contributed by atoms with van der Waals surface area (Å²) in [4.78, 5) is 23.0. The van der Waals surface area contributed by atoms with Gasteiger partial charge in [0.1, 0.15) is 0 Å². The van der Waals surface area contributed by atoms with Gasteiger partial charge in [0, 0.05) is 17.2 Å². The van der Waals surface area contributed by atoms with E-state index in [0.29, 0.717) is 5.56 Å². The predicted molar refractivity (Wildman–Crippen MR) is 84.3 cm³/mol. The second-order valence-corrected chi connectivity index (χ2v) is 5.78. The fourth-order valence-electron chi connectivity index (χ4n) is 2.30. The Labute approximate surface area is 125 Å². The lowest BCUT2D eigenvalue weighted by molar-refractivity contribution is -0.131. The molecule has 0 fully saturated rings. The molecule has 0 aliphatic rings. The number of benzene rings is 1. The number of amides is 1. The van der Waals surface area contributed by atoms with Gasteiger partial charge in [0.05, 0.1) is 0 Å². The molecule has 1 aromatic rings. The Hall–Kier alpha value is -2.10. The average molecular weight is 289 g/mol. The monoisotopic (exact) mass is 289 g/mol. The zero-order valence-corrected chi connectivity index (χ0v) is 13.1. The Kier molecular flexibility index (Phi) is 5.70. The number of nitrogens with one attached hydrogen (secondary N) is 1. The summed E-state index contributed by atoms with van der Waals surface area (Å²) >= 11 is 0. The molecule has 1 aromatic carbocycles. The lowest BCUT2D eigenvalue weighted by Gasteiger charge is -2.26. The van der Waals surface area contributed by atoms with Crippen LogP contribution in [0, 0.1) is 6.92 Å². The molecule has 114 valence electrons. The number of hydrogen-bond donors (Lipinski definition) is 2. The van der Waals surface area contributed by atoms with E-state index in [2.05, 4.69) is 12.2 Å². The zero-order chi connectivity index (χ0) is 16.0. The molecule has 0 spiro atoms. The van der Waals surface area contributed by atoms with Gasteiger partial charge in [-0.25, -0.2) is 4.79 Å². The summed E-state index contributed by atoms with van der Waals surface area (Å²) in [5, 5.41) is 11.7. The van der Waals surface area contributed by atoms with Crippen LogP contribution in [0.25, 0.3) is 6.08 Å². The van der Waals surface area contributed by atoms with Crippen molar-refractivity contribution in [1.29, 1.82) is 0 Å². The van der Waals surface area contributed by atoms with Crippen LogP contribution >= 0.6 is 0 Å². The maximum Gasteiger partial charge on any atom is 0.328 e. The van der Waals surface area contributed by atoms with E-state index in [4.69, 9.17) is 5.11 Å². The molecule has 0 atom stereocenters. The van der Waals surface area contributed by atoms with Crippen LogP contribution in [0.5, 0.6) is 0 Å². The van der Waals surface area contributed by atoms with Crippen molar-refractivity contribution in [3.63, 3.8) is 0 Å². The first-order chi connectivity index (χ1) is 9.76. The van der Waals surface area contributed by atoms with Gasteiger partial charge in [-0.15, -0.1) is 0 Å². The molecule has 0 bridgehead atoms. The highest BCUT2D eigenvalue weighted by molar-refractivity contribution is 5.97. The minimum Gasteiger partial charge on any atom is -0.478 e. The molecule has 0 unspecified atom stereocenters. The summed E-state index contributed by atoms with van der Waals surface area (Å²) < 4.78 is 0. The van der Waals surface area contributed by atoms with E-state index in [0.717, 1.165) is 30.0 Å². The van der Waals surface area contributed by atoms with Gasteiger partial charge < -0.3 is 10.4 Å². The summed E-state index contributed by atoms with van der Waals surface area (Å²) in [5.41, 5.74) is 1.83. The third kappa shape index (κ3) is 5.06. The first-order valence-electron chi connectivity index (χ1n) is 7.10. The Morgan fingerprint density at radius 1 is 1.33 bits per heavy atom. The summed E-state index contributed by atoms with van der Waals surface area (Å²) in [6, 6.07) is 5.31. The normalized spacial score (nSPS) is 11.6. The van der Waals surface area contributed by atoms with Crippen molar-refractivity contribution in [2.75, 3.05) is 0 Å². The van der Waals surface area contributed by atoms with Crippen LogP contribution < -0.4 is 5.32 Å². The highest BCUT2D eigenvalue weighted by Crippen LogP contribution is 2.18. The molecule has 0 radical (unpaired) electrons. The van der Waals surface area contributed by atoms with Crippen molar-refractivity contribution in [3.8, 4) is 0 Å². The van der Waals surface area contributed by atoms with Gasteiger partial charge in [-0.3, -0.25) is 4.79 Å². The number of aliphatic carboxylic acids is 1. The number of carboxylic acid groups (broad SMARTS) is 1. The van der Waals surface area contributed by atoms with Gasteiger partial charge >= 0.3 is 5.97 Å². The van der Waals surface area contributed by atoms with Gasteiger partial charge in [-0.2, -0.15) is 0 Å². The second-order valence-electron chi connectivity index (χ2n) is 5.78. The maximum absolute atomic E-state index is 12.4. The van der Waals surface area contributed by atoms with E-state index in [1.165, 1.54) is 6.08 Å². The molecular formula is C17H23NO3. The molecule has 21 heavy (non-hydrogen) atoms. The molecule has 1 amide bonds. The zero-order valence-electron chi connectivity index (χ0n) is 13.1. The van der Waals surface area contributed by atoms with Crippen LogP contribution in [0.2, 0.25) is 0 Å². The van der Waals surface area contributed by atoms with Crippen molar-refractivity contribution in [3.05, 3.63) is 41.0 Å². The Morgan fingerprint density at radius 2 is 2.00 bits per heavy atom. The minimum atomic E-state index is -1.01. The van der Waals surface area contributed by atoms with E-state index in [1.807, 2.05) is 20.8 Å². The molecular weight excluding hydrogens is 266 g/mol. The molecule has 2 N–H and O–H groups in total. The lowest BCUT2D eigenvalue weighted by Crippen LogP contribution is -2.43. The quantitative estimate of drug-likeness (QED) is 0.789. The Morgan fingerprint density at radius 3 is 2.57 bits per heavy atom. The molecule has 0 saturated carbocycles. The van der Waals surface area contributed by atoms with E-state index in [1.54, 1.807) is 18.2 Å². The third-order valence-electron chi connectivity index (χ3n) is 3.35. The first kappa shape index (κ1) is 17.0. The summed E-state index contributed by atoms with van der Waals surface area (Å²) in [6.07, 6.45) is 4.47. The van der Waals surface area contributed by atoms with Crippen LogP contribution in [0.4, 0.5) is 0 Å². The Bertz CT molecular complexity index is 559. The van der Waals surface area contributed by atoms with Crippen LogP contribution in [0.1, 0.15) is 55.1 Å². The molecule has 0 aliphatic heterocycles. The highest BCUT2D eigenvalue weighted by atomic mass is 16.4. The molecule has 0 heterocycles. The van der Waals surface area contributed by atoms with Crippen LogP contribution in [-0.2, 0) is 4.79 Å². The fraction of sp³-hybridized carbons (Fsp3) is 0.412. The van der Waals surface area contributed by atoms with E-state index < -0.39 is 5.97 Å². The third-order valence-corrected chi connectivity index (χ3v) is 3.35. The van der Waals surface area contributed by atoms with Gasteiger partial charge in [0.25, 0.3) is 5.91 Å². The van der Waals surface area contributed by atoms with Gasteiger partial charge in [0.15, 0.2) is 0 Å². The molecule has 4 heteroatoms. The SMILES string of the molecule is CCCC(C)(C)NC(=O)c1cccc(/C=C/C(=O)O)c1C. The highest BCUT2D eigenvalue weighted by Gasteiger charge is 2.21. The summed E-state index contributed by atoms with van der Waals surface area (Å²) in [6.45, 7) is 7.90. The molecule has 0 aromatic heterocycles. The number of carbonyl (C=O) groups is 2. The van der Waals surface area contributed by atoms with Gasteiger partial charge in [-0.05, 0) is 50.5 Å². The van der Waals surface area contributed by atoms with Crippen molar-refractivity contribution in [2.24, 2.45) is 0 Å². The number of carboxylic acids is 1. The van der Waals surface area contributed by atoms with Crippen molar-refractivity contribution in [2.45, 2.75) is 46.1 Å². The molecule has 4 nitrogen and oxygen atoms in total. The standard InChI is InChI=1S/C17H23NO3/c1-5-11-17(3,4)18-16(21)14-8-6-7-13(12(14)2)9-10-15(19)20/h6-10H,5,11H2,1-4H3,(H,18,21)(H,19,20)/b10-9+. The largest absolute Gasteiger partial charge is 0.478 e. The van der Waals surface area contributed by atoms with Gasteiger partial charge in [0.2, 0.25) is 0 Å². The van der Waals surface area contributed by atoms with Crippen LogP contribution in [-0.4, -0.2) is 22.5 Å². The number of rotatable bonds is 6. The average Bonchev–Trinajstić information content (AvgIpc) is 2.36. The van der Waals surface area contributed by atoms with Crippen LogP contribution in [0.3, 0.4) is 0 Å². The summed E-state index contributed by atoms with van der Waals surface area (Å²) in [7, 11) is 0. The van der Waals surface area contributed by atoms with E-state index in [-0.39, 0.29) is 11.4 Å². The lowest BCUT2D eigenvalue weighted by atomic mass is 9.96. The van der Waals surface area contributed by atoms with Crippen LogP contribution in [0.15, 0.2) is 24.3 Å². The first-order valence-corrected chi connectivity index (χ1v) is 7.10. The van der Waals surface area contributed by atoms with Crippen molar-refractivity contribution < 1.29 is 14.7 Å². The predicted octanol–water partition coefficient (Wildman–Crippen LogP) is 3.40. The summed E-state index contributed by atoms with van der Waals surface area (Å²) in [5.74, 6) is -1.13. The molecule has 0 saturated heterocycles. The second kappa shape index (κ2) is 7.07. The van der Waals surface area contributed by atoms with E-state index in [9.17, 15) is 9.59 Å². The smallest absolute Gasteiger partial charge is 0.328 e. The molecule has 0 aliphatic carbocycles. The van der Waals surface area contributed by atoms with Gasteiger partial charge in [-0.1, -0.05) is 25.5 Å². The molecule has 1 rings (SSSR count). The Balaban J connectivity index is 3.01. The maximum atomic E-state index is 12.4. The number of carbonyl (C=O) groups excluding carboxylic acids is 1. The minimum absolute atomic E-state index is 0.128. The topological polar surface area (TPSA) is 66.4 Å². The van der Waals surface area contributed by atoms with E-state index >= 15 is 0 Å². The van der Waals surface area contributed by atoms with Crippen molar-refractivity contribution in [1.82, 2.24) is 5.32 Å². The fourth-order valence-corrected chi connectivity index (χ4v) is 2.30.